The maximum atomic E-state index is 13.1. The van der Waals surface area contributed by atoms with Gasteiger partial charge in [-0.05, 0) is 47.4 Å². The quantitative estimate of drug-likeness (QED) is 0.638. The highest BCUT2D eigenvalue weighted by atomic mass is 16.5. The van der Waals surface area contributed by atoms with E-state index in [0.717, 1.165) is 22.3 Å². The predicted octanol–water partition coefficient (Wildman–Crippen LogP) is 4.26. The molecule has 1 aliphatic carbocycles. The minimum Gasteiger partial charge on any atom is -0.481 e. The third-order valence-corrected chi connectivity index (χ3v) is 6.80. The zero-order valence-corrected chi connectivity index (χ0v) is 19.7. The predicted molar refractivity (Wildman–Crippen MR) is 128 cm³/mol. The summed E-state index contributed by atoms with van der Waals surface area (Å²) in [7, 11) is 0. The first-order valence-corrected chi connectivity index (χ1v) is 12.0. The van der Waals surface area contributed by atoms with Gasteiger partial charge in [0.2, 0.25) is 5.91 Å². The average molecular weight is 465 g/mol. The molecule has 180 valence electrons. The van der Waals surface area contributed by atoms with Gasteiger partial charge in [0.15, 0.2) is 0 Å². The van der Waals surface area contributed by atoms with Crippen LogP contribution in [-0.2, 0) is 14.3 Å². The van der Waals surface area contributed by atoms with Crippen molar-refractivity contribution in [1.82, 2.24) is 10.2 Å². The molecule has 2 aromatic carbocycles. The summed E-state index contributed by atoms with van der Waals surface area (Å²) in [5.74, 6) is -1.26. The van der Waals surface area contributed by atoms with Crippen LogP contribution in [0.25, 0.3) is 11.1 Å². The Balaban J connectivity index is 1.39. The molecule has 0 spiro atoms. The molecule has 1 aliphatic heterocycles. The number of rotatable bonds is 7. The number of fused-ring (bicyclic) bond motifs is 3. The van der Waals surface area contributed by atoms with E-state index in [-0.39, 0.29) is 24.3 Å². The summed E-state index contributed by atoms with van der Waals surface area (Å²) in [4.78, 5) is 38.8. The summed E-state index contributed by atoms with van der Waals surface area (Å²) in [6, 6.07) is 15.6. The minimum atomic E-state index is -0.817. The second-order valence-corrected chi connectivity index (χ2v) is 9.59. The molecule has 0 bridgehead atoms. The first kappa shape index (κ1) is 23.8. The van der Waals surface area contributed by atoms with Crippen LogP contribution in [0.4, 0.5) is 4.79 Å². The van der Waals surface area contributed by atoms with Gasteiger partial charge in [-0.15, -0.1) is 0 Å². The molecule has 4 rings (SSSR count). The van der Waals surface area contributed by atoms with Crippen LogP contribution >= 0.6 is 0 Å². The fourth-order valence-electron chi connectivity index (χ4n) is 5.04. The Morgan fingerprint density at radius 2 is 1.56 bits per heavy atom. The molecule has 1 heterocycles. The van der Waals surface area contributed by atoms with Gasteiger partial charge in [-0.3, -0.25) is 9.59 Å². The van der Waals surface area contributed by atoms with Crippen LogP contribution in [0.3, 0.4) is 0 Å². The summed E-state index contributed by atoms with van der Waals surface area (Å²) >= 11 is 0. The molecule has 1 saturated heterocycles. The van der Waals surface area contributed by atoms with Gasteiger partial charge in [0.25, 0.3) is 0 Å². The number of ether oxygens (including phenoxy) is 1. The van der Waals surface area contributed by atoms with Crippen LogP contribution in [-0.4, -0.2) is 53.7 Å². The van der Waals surface area contributed by atoms with Gasteiger partial charge < -0.3 is 20.1 Å². The van der Waals surface area contributed by atoms with Crippen molar-refractivity contribution >= 4 is 18.0 Å². The zero-order valence-electron chi connectivity index (χ0n) is 19.7. The van der Waals surface area contributed by atoms with Gasteiger partial charge >= 0.3 is 12.1 Å². The van der Waals surface area contributed by atoms with Crippen molar-refractivity contribution in [2.45, 2.75) is 45.1 Å². The lowest BCUT2D eigenvalue weighted by atomic mass is 9.95. The lowest BCUT2D eigenvalue weighted by molar-refractivity contribution is -0.146. The van der Waals surface area contributed by atoms with Crippen molar-refractivity contribution < 1.29 is 24.2 Å². The Morgan fingerprint density at radius 1 is 1.00 bits per heavy atom. The molecule has 7 heteroatoms. The van der Waals surface area contributed by atoms with Crippen LogP contribution in [0.15, 0.2) is 48.5 Å². The Labute approximate surface area is 200 Å². The summed E-state index contributed by atoms with van der Waals surface area (Å²) in [6.45, 7) is 4.95. The third-order valence-electron chi connectivity index (χ3n) is 6.80. The van der Waals surface area contributed by atoms with E-state index in [1.807, 2.05) is 38.1 Å². The molecule has 0 aromatic heterocycles. The summed E-state index contributed by atoms with van der Waals surface area (Å²) in [5, 5.41) is 12.0. The van der Waals surface area contributed by atoms with Crippen LogP contribution in [0.1, 0.15) is 50.2 Å². The van der Waals surface area contributed by atoms with E-state index in [0.29, 0.717) is 32.4 Å². The summed E-state index contributed by atoms with van der Waals surface area (Å²) in [6.07, 6.45) is 0.740. The maximum absolute atomic E-state index is 13.1. The Kier molecular flexibility index (Phi) is 7.20. The molecule has 0 saturated carbocycles. The number of carbonyl (C=O) groups is 3. The van der Waals surface area contributed by atoms with Gasteiger partial charge in [-0.1, -0.05) is 62.4 Å². The second-order valence-electron chi connectivity index (χ2n) is 9.59. The molecule has 0 radical (unpaired) electrons. The fourth-order valence-corrected chi connectivity index (χ4v) is 5.04. The molecule has 2 aromatic rings. The van der Waals surface area contributed by atoms with Crippen LogP contribution < -0.4 is 5.32 Å². The molecular weight excluding hydrogens is 432 g/mol. The van der Waals surface area contributed by atoms with E-state index in [1.165, 1.54) is 0 Å². The van der Waals surface area contributed by atoms with Gasteiger partial charge in [-0.2, -0.15) is 0 Å². The molecule has 7 nitrogen and oxygen atoms in total. The van der Waals surface area contributed by atoms with Crippen LogP contribution in [0.5, 0.6) is 0 Å². The number of nitrogens with zero attached hydrogens (tertiary/aromatic N) is 1. The smallest absolute Gasteiger partial charge is 0.407 e. The van der Waals surface area contributed by atoms with Crippen LogP contribution in [0, 0.1) is 11.8 Å². The number of hydrogen-bond acceptors (Lipinski definition) is 4. The van der Waals surface area contributed by atoms with E-state index in [1.54, 1.807) is 4.90 Å². The number of carboxylic acids is 1. The number of aliphatic carboxylic acids is 1. The summed E-state index contributed by atoms with van der Waals surface area (Å²) in [5.41, 5.74) is 4.58. The van der Waals surface area contributed by atoms with Crippen molar-refractivity contribution in [2.24, 2.45) is 11.8 Å². The van der Waals surface area contributed by atoms with Crippen LogP contribution in [0.2, 0.25) is 0 Å². The SMILES string of the molecule is CC(C)C[C@H](NC(=O)OCC1c2ccccc2-c2ccccc21)C(=O)N1CCC(C(=O)O)CC1. The number of nitrogens with one attached hydrogen (secondary N) is 1. The molecule has 2 aliphatic rings. The number of piperidine rings is 1. The number of alkyl carbamates (subject to hydrolysis) is 1. The van der Waals surface area contributed by atoms with Crippen molar-refractivity contribution in [3.05, 3.63) is 59.7 Å². The van der Waals surface area contributed by atoms with E-state index in [4.69, 9.17) is 4.74 Å². The normalized spacial score (nSPS) is 16.6. The highest BCUT2D eigenvalue weighted by Gasteiger charge is 2.33. The van der Waals surface area contributed by atoms with Crippen molar-refractivity contribution in [2.75, 3.05) is 19.7 Å². The number of hydrogen-bond donors (Lipinski definition) is 2. The van der Waals surface area contributed by atoms with Crippen molar-refractivity contribution in [1.29, 1.82) is 0 Å². The molecule has 2 amide bonds. The highest BCUT2D eigenvalue weighted by molar-refractivity contribution is 5.86. The first-order valence-electron chi connectivity index (χ1n) is 12.0. The number of carbonyl (C=O) groups excluding carboxylic acids is 2. The molecular formula is C27H32N2O5. The van der Waals surface area contributed by atoms with Crippen molar-refractivity contribution in [3.63, 3.8) is 0 Å². The molecule has 2 N–H and O–H groups in total. The fraction of sp³-hybridized carbons (Fsp3) is 0.444. The van der Waals surface area contributed by atoms with E-state index >= 15 is 0 Å². The van der Waals surface area contributed by atoms with Gasteiger partial charge in [0.1, 0.15) is 12.6 Å². The number of carboxylic acid groups (broad SMARTS) is 1. The molecule has 1 fully saturated rings. The second kappa shape index (κ2) is 10.3. The number of amides is 2. The Hall–Kier alpha value is -3.35. The third kappa shape index (κ3) is 5.08. The van der Waals surface area contributed by atoms with Gasteiger partial charge in [0.05, 0.1) is 5.92 Å². The lowest BCUT2D eigenvalue weighted by Gasteiger charge is -2.33. The lowest BCUT2D eigenvalue weighted by Crippen LogP contribution is -2.51. The van der Waals surface area contributed by atoms with E-state index in [9.17, 15) is 19.5 Å². The molecule has 1 atom stereocenters. The highest BCUT2D eigenvalue weighted by Crippen LogP contribution is 2.44. The number of benzene rings is 2. The topological polar surface area (TPSA) is 95.9 Å². The summed E-state index contributed by atoms with van der Waals surface area (Å²) < 4.78 is 5.64. The largest absolute Gasteiger partial charge is 0.481 e. The van der Waals surface area contributed by atoms with Crippen molar-refractivity contribution in [3.8, 4) is 11.1 Å². The van der Waals surface area contributed by atoms with E-state index in [2.05, 4.69) is 29.6 Å². The van der Waals surface area contributed by atoms with Gasteiger partial charge in [0, 0.05) is 19.0 Å². The van der Waals surface area contributed by atoms with E-state index < -0.39 is 24.0 Å². The zero-order chi connectivity index (χ0) is 24.2. The first-order chi connectivity index (χ1) is 16.3. The maximum Gasteiger partial charge on any atom is 0.407 e. The Morgan fingerprint density at radius 3 is 2.09 bits per heavy atom. The minimum absolute atomic E-state index is 0.0487. The standard InChI is InChI=1S/C27H32N2O5/c1-17(2)15-24(25(30)29-13-11-18(12-14-29)26(31)32)28-27(33)34-16-23-21-9-5-3-7-19(21)20-8-4-6-10-22(20)23/h3-10,17-18,23-24H,11-16H2,1-2H3,(H,28,33)(H,31,32)/t24-/m0/s1. The average Bonchev–Trinajstić information content (AvgIpc) is 3.15. The molecule has 34 heavy (non-hydrogen) atoms. The monoisotopic (exact) mass is 464 g/mol. The Bertz CT molecular complexity index is 1010. The molecule has 0 unspecified atom stereocenters. The number of likely N-dealkylation sites (tertiary alicyclic amines) is 1. The van der Waals surface area contributed by atoms with Gasteiger partial charge in [-0.25, -0.2) is 4.79 Å².